The number of carboxylic acids is 1. The molecular weight excluding hydrogens is 278 g/mol. The van der Waals surface area contributed by atoms with Gasteiger partial charge in [-0.05, 0) is 34.5 Å². The Hall–Kier alpha value is -1.11. The van der Waals surface area contributed by atoms with Gasteiger partial charge in [-0.25, -0.2) is 4.79 Å². The number of aliphatic hydroxyl groups excluding tert-OH is 1. The molecule has 0 spiro atoms. The van der Waals surface area contributed by atoms with Gasteiger partial charge in [0.1, 0.15) is 5.75 Å². The summed E-state index contributed by atoms with van der Waals surface area (Å²) in [6.07, 6.45) is 0.253. The molecule has 0 aromatic heterocycles. The van der Waals surface area contributed by atoms with Crippen LogP contribution in [-0.2, 0) is 0 Å². The number of aliphatic hydroxyl groups is 1. The highest BCUT2D eigenvalue weighted by molar-refractivity contribution is 9.10. The number of nitrogens with two attached hydrogens (primary N) is 1. The maximum atomic E-state index is 10.8. The molecule has 1 atom stereocenters. The van der Waals surface area contributed by atoms with Gasteiger partial charge in [0.25, 0.3) is 0 Å². The van der Waals surface area contributed by atoms with E-state index in [1.807, 2.05) is 0 Å². The molecule has 0 unspecified atom stereocenters. The number of carboxylic acid groups (broad SMARTS) is 1. The molecule has 0 aliphatic rings. The van der Waals surface area contributed by atoms with Gasteiger partial charge in [0, 0.05) is 18.2 Å². The van der Waals surface area contributed by atoms with Crippen molar-refractivity contribution in [2.45, 2.75) is 12.5 Å². The predicted molar refractivity (Wildman–Crippen MR) is 61.4 cm³/mol. The van der Waals surface area contributed by atoms with Gasteiger partial charge < -0.3 is 21.1 Å². The molecule has 1 rings (SSSR count). The maximum Gasteiger partial charge on any atom is 0.335 e. The average molecular weight is 290 g/mol. The number of aromatic hydroxyl groups is 1. The zero-order chi connectivity index (χ0) is 12.3. The lowest BCUT2D eigenvalue weighted by Gasteiger charge is -2.14. The van der Waals surface area contributed by atoms with E-state index in [0.717, 1.165) is 0 Å². The van der Waals surface area contributed by atoms with Crippen molar-refractivity contribution >= 4 is 21.9 Å². The monoisotopic (exact) mass is 289 g/mol. The Morgan fingerprint density at radius 1 is 1.50 bits per heavy atom. The molecule has 0 saturated carbocycles. The van der Waals surface area contributed by atoms with E-state index < -0.39 is 12.0 Å². The summed E-state index contributed by atoms with van der Waals surface area (Å²) < 4.78 is 0.274. The SMILES string of the molecule is N[C@H](CCO)c1cc(C(=O)O)cc(Br)c1O. The van der Waals surface area contributed by atoms with Crippen LogP contribution in [0.4, 0.5) is 0 Å². The van der Waals surface area contributed by atoms with Crippen molar-refractivity contribution in [1.29, 1.82) is 0 Å². The lowest BCUT2D eigenvalue weighted by atomic mass is 10.0. The zero-order valence-electron chi connectivity index (χ0n) is 8.35. The number of rotatable bonds is 4. The minimum atomic E-state index is -1.10. The minimum Gasteiger partial charge on any atom is -0.506 e. The molecule has 0 bridgehead atoms. The Labute approximate surface area is 101 Å². The van der Waals surface area contributed by atoms with Crippen molar-refractivity contribution in [3.05, 3.63) is 27.7 Å². The molecule has 6 heteroatoms. The summed E-state index contributed by atoms with van der Waals surface area (Å²) >= 11 is 3.05. The first kappa shape index (κ1) is 13.0. The number of hydrogen-bond donors (Lipinski definition) is 4. The van der Waals surface area contributed by atoms with Gasteiger partial charge in [0.05, 0.1) is 10.0 Å². The second kappa shape index (κ2) is 5.29. The van der Waals surface area contributed by atoms with Crippen LogP contribution < -0.4 is 5.73 Å². The molecule has 0 radical (unpaired) electrons. The molecule has 0 heterocycles. The highest BCUT2D eigenvalue weighted by Gasteiger charge is 2.16. The van der Waals surface area contributed by atoms with Crippen LogP contribution in [0, 0.1) is 0 Å². The van der Waals surface area contributed by atoms with Crippen LogP contribution >= 0.6 is 15.9 Å². The number of phenolic OH excluding ortho intramolecular Hbond substituents is 1. The lowest BCUT2D eigenvalue weighted by molar-refractivity contribution is 0.0696. The molecule has 1 aromatic rings. The van der Waals surface area contributed by atoms with E-state index in [9.17, 15) is 9.90 Å². The Morgan fingerprint density at radius 2 is 2.12 bits per heavy atom. The van der Waals surface area contributed by atoms with E-state index in [0.29, 0.717) is 5.56 Å². The number of phenols is 1. The van der Waals surface area contributed by atoms with Crippen molar-refractivity contribution < 1.29 is 20.1 Å². The third-order valence-electron chi connectivity index (χ3n) is 2.18. The largest absolute Gasteiger partial charge is 0.506 e. The van der Waals surface area contributed by atoms with E-state index in [1.165, 1.54) is 12.1 Å². The van der Waals surface area contributed by atoms with Gasteiger partial charge >= 0.3 is 5.97 Å². The predicted octanol–water partition coefficient (Wildman–Crippen LogP) is 1.24. The fourth-order valence-corrected chi connectivity index (χ4v) is 1.80. The number of benzene rings is 1. The standard InChI is InChI=1S/C10H12BrNO4/c11-7-4-5(10(15)16)3-6(9(7)14)8(12)1-2-13/h3-4,8,13-14H,1-2,12H2,(H,15,16)/t8-/m1/s1. The Morgan fingerprint density at radius 3 is 2.62 bits per heavy atom. The maximum absolute atomic E-state index is 10.8. The molecule has 5 nitrogen and oxygen atoms in total. The summed E-state index contributed by atoms with van der Waals surface area (Å²) in [6, 6.07) is 2.01. The molecule has 0 fully saturated rings. The Balaban J connectivity index is 3.21. The van der Waals surface area contributed by atoms with Crippen LogP contribution in [0.25, 0.3) is 0 Å². The first-order chi connectivity index (χ1) is 7.47. The van der Waals surface area contributed by atoms with Crippen molar-refractivity contribution in [2.75, 3.05) is 6.61 Å². The van der Waals surface area contributed by atoms with Crippen LogP contribution in [0.2, 0.25) is 0 Å². The quantitative estimate of drug-likeness (QED) is 0.668. The van der Waals surface area contributed by atoms with Crippen molar-refractivity contribution in [1.82, 2.24) is 0 Å². The second-order valence-corrected chi connectivity index (χ2v) is 4.17. The van der Waals surface area contributed by atoms with Gasteiger partial charge in [-0.1, -0.05) is 0 Å². The molecule has 0 aliphatic heterocycles. The molecule has 1 aromatic carbocycles. The summed E-state index contributed by atoms with van der Waals surface area (Å²) in [5.74, 6) is -1.19. The van der Waals surface area contributed by atoms with Crippen molar-refractivity contribution in [3.63, 3.8) is 0 Å². The van der Waals surface area contributed by atoms with Gasteiger partial charge in [-0.15, -0.1) is 0 Å². The first-order valence-electron chi connectivity index (χ1n) is 4.59. The van der Waals surface area contributed by atoms with E-state index in [4.69, 9.17) is 15.9 Å². The fourth-order valence-electron chi connectivity index (χ4n) is 1.32. The van der Waals surface area contributed by atoms with Crippen LogP contribution in [-0.4, -0.2) is 27.9 Å². The van der Waals surface area contributed by atoms with Crippen molar-refractivity contribution in [3.8, 4) is 5.75 Å². The average Bonchev–Trinajstić information content (AvgIpc) is 2.21. The van der Waals surface area contributed by atoms with Gasteiger partial charge in [0.2, 0.25) is 0 Å². The summed E-state index contributed by atoms with van der Waals surface area (Å²) in [7, 11) is 0. The van der Waals surface area contributed by atoms with Crippen LogP contribution in [0.3, 0.4) is 0 Å². The highest BCUT2D eigenvalue weighted by atomic mass is 79.9. The molecule has 0 aliphatic carbocycles. The van der Waals surface area contributed by atoms with E-state index in [-0.39, 0.29) is 28.8 Å². The number of hydrogen-bond acceptors (Lipinski definition) is 4. The van der Waals surface area contributed by atoms with Gasteiger partial charge in [0.15, 0.2) is 0 Å². The molecule has 16 heavy (non-hydrogen) atoms. The van der Waals surface area contributed by atoms with Crippen LogP contribution in [0.5, 0.6) is 5.75 Å². The van der Waals surface area contributed by atoms with E-state index in [1.54, 1.807) is 0 Å². The third-order valence-corrected chi connectivity index (χ3v) is 2.78. The summed E-state index contributed by atoms with van der Waals surface area (Å²) in [4.78, 5) is 10.8. The molecular formula is C10H12BrNO4. The highest BCUT2D eigenvalue weighted by Crippen LogP contribution is 2.33. The summed E-state index contributed by atoms with van der Waals surface area (Å²) in [6.45, 7) is -0.129. The topological polar surface area (TPSA) is 104 Å². The van der Waals surface area contributed by atoms with Crippen LogP contribution in [0.15, 0.2) is 16.6 Å². The molecule has 0 saturated heterocycles. The second-order valence-electron chi connectivity index (χ2n) is 3.32. The normalized spacial score (nSPS) is 12.4. The van der Waals surface area contributed by atoms with E-state index in [2.05, 4.69) is 15.9 Å². The first-order valence-corrected chi connectivity index (χ1v) is 5.38. The molecule has 5 N–H and O–H groups in total. The van der Waals surface area contributed by atoms with Gasteiger partial charge in [-0.2, -0.15) is 0 Å². The number of carbonyl (C=O) groups is 1. The molecule has 0 amide bonds. The minimum absolute atomic E-state index is 0.0352. The number of aromatic carboxylic acids is 1. The molecule has 88 valence electrons. The number of halogens is 1. The third kappa shape index (κ3) is 2.72. The Bertz CT molecular complexity index is 408. The van der Waals surface area contributed by atoms with E-state index >= 15 is 0 Å². The fraction of sp³-hybridized carbons (Fsp3) is 0.300. The van der Waals surface area contributed by atoms with Gasteiger partial charge in [-0.3, -0.25) is 0 Å². The van der Waals surface area contributed by atoms with Crippen LogP contribution in [0.1, 0.15) is 28.4 Å². The lowest BCUT2D eigenvalue weighted by Crippen LogP contribution is -2.13. The smallest absolute Gasteiger partial charge is 0.335 e. The summed E-state index contributed by atoms with van der Waals surface area (Å²) in [5.41, 5.74) is 6.05. The van der Waals surface area contributed by atoms with Crippen molar-refractivity contribution in [2.24, 2.45) is 5.73 Å². The zero-order valence-corrected chi connectivity index (χ0v) is 9.94. The Kier molecular flexibility index (Phi) is 4.28. The summed E-state index contributed by atoms with van der Waals surface area (Å²) in [5, 5.41) is 27.3.